The standard InChI is InChI=1S/C11H21F2S2/c12-11(13)14-7-3-1-4-8-15-9-5-2-6-10-15/h11H,1-10H2/q+1. The number of hydrogen-bond acceptors (Lipinski definition) is 1. The highest BCUT2D eigenvalue weighted by atomic mass is 32.2. The first-order valence-electron chi connectivity index (χ1n) is 5.83. The van der Waals surface area contributed by atoms with Crippen molar-refractivity contribution in [3.05, 3.63) is 0 Å². The van der Waals surface area contributed by atoms with Crippen molar-refractivity contribution in [1.82, 2.24) is 0 Å². The van der Waals surface area contributed by atoms with Crippen LogP contribution in [0.3, 0.4) is 0 Å². The molecule has 0 aromatic heterocycles. The Labute approximate surface area is 98.9 Å². The van der Waals surface area contributed by atoms with Gasteiger partial charge in [-0.25, -0.2) is 0 Å². The summed E-state index contributed by atoms with van der Waals surface area (Å²) >= 11 is 0.786. The van der Waals surface area contributed by atoms with Crippen molar-refractivity contribution in [1.29, 1.82) is 0 Å². The molecule has 0 spiro atoms. The summed E-state index contributed by atoms with van der Waals surface area (Å²) < 4.78 is 23.6. The predicted octanol–water partition coefficient (Wildman–Crippen LogP) is 3.91. The van der Waals surface area contributed by atoms with Crippen molar-refractivity contribution in [2.75, 3.05) is 23.0 Å². The zero-order chi connectivity index (χ0) is 10.9. The van der Waals surface area contributed by atoms with E-state index < -0.39 is 5.76 Å². The second kappa shape index (κ2) is 8.68. The van der Waals surface area contributed by atoms with Crippen molar-refractivity contribution < 1.29 is 8.78 Å². The molecule has 0 bridgehead atoms. The van der Waals surface area contributed by atoms with Gasteiger partial charge in [0, 0.05) is 0 Å². The van der Waals surface area contributed by atoms with Gasteiger partial charge in [0.15, 0.2) is 0 Å². The summed E-state index contributed by atoms with van der Waals surface area (Å²) in [7, 11) is 0.686. The van der Waals surface area contributed by atoms with Gasteiger partial charge in [0.1, 0.15) is 17.3 Å². The van der Waals surface area contributed by atoms with Crippen LogP contribution in [0.5, 0.6) is 0 Å². The highest BCUT2D eigenvalue weighted by Gasteiger charge is 2.20. The molecule has 15 heavy (non-hydrogen) atoms. The molecule has 0 aromatic rings. The summed E-state index contributed by atoms with van der Waals surface area (Å²) in [6, 6.07) is 0. The van der Waals surface area contributed by atoms with Gasteiger partial charge in [-0.05, 0) is 55.2 Å². The molecule has 90 valence electrons. The molecule has 0 N–H and O–H groups in total. The Bertz CT molecular complexity index is 148. The fourth-order valence-electron chi connectivity index (χ4n) is 1.85. The van der Waals surface area contributed by atoms with Crippen molar-refractivity contribution in [2.45, 2.75) is 44.3 Å². The van der Waals surface area contributed by atoms with Gasteiger partial charge < -0.3 is 0 Å². The van der Waals surface area contributed by atoms with E-state index in [2.05, 4.69) is 0 Å². The molecule has 0 nitrogen and oxygen atoms in total. The van der Waals surface area contributed by atoms with E-state index in [0.717, 1.165) is 24.6 Å². The van der Waals surface area contributed by atoms with E-state index in [1.165, 1.54) is 42.9 Å². The van der Waals surface area contributed by atoms with Crippen molar-refractivity contribution >= 4 is 22.7 Å². The Hall–Kier alpha value is 0.560. The molecular weight excluding hydrogens is 234 g/mol. The average molecular weight is 255 g/mol. The lowest BCUT2D eigenvalue weighted by Crippen LogP contribution is -2.20. The van der Waals surface area contributed by atoms with Gasteiger partial charge in [-0.15, -0.1) is 0 Å². The van der Waals surface area contributed by atoms with Crippen LogP contribution in [0.4, 0.5) is 8.78 Å². The molecule has 1 aliphatic heterocycles. The third-order valence-electron chi connectivity index (χ3n) is 2.69. The molecule has 0 saturated carbocycles. The number of rotatable bonds is 7. The van der Waals surface area contributed by atoms with Gasteiger partial charge in [0.05, 0.1) is 0 Å². The molecule has 1 heterocycles. The van der Waals surface area contributed by atoms with E-state index in [4.69, 9.17) is 0 Å². The zero-order valence-electron chi connectivity index (χ0n) is 9.22. The molecule has 0 amide bonds. The highest BCUT2D eigenvalue weighted by Crippen LogP contribution is 2.18. The Morgan fingerprint density at radius 2 is 1.73 bits per heavy atom. The topological polar surface area (TPSA) is 0 Å². The molecule has 0 radical (unpaired) electrons. The van der Waals surface area contributed by atoms with E-state index in [1.807, 2.05) is 0 Å². The second-order valence-electron chi connectivity index (χ2n) is 3.98. The number of thioether (sulfide) groups is 1. The molecule has 0 unspecified atom stereocenters. The third kappa shape index (κ3) is 7.45. The van der Waals surface area contributed by atoms with Gasteiger partial charge in [-0.1, -0.05) is 11.8 Å². The maximum Gasteiger partial charge on any atom is 0.284 e. The van der Waals surface area contributed by atoms with Crippen LogP contribution in [0, 0.1) is 0 Å². The largest absolute Gasteiger partial charge is 0.284 e. The SMILES string of the molecule is FC(F)SCCCCC[S+]1CCCCC1. The first-order chi connectivity index (χ1) is 7.29. The fraction of sp³-hybridized carbons (Fsp3) is 1.00. The zero-order valence-corrected chi connectivity index (χ0v) is 10.9. The minimum Gasteiger partial charge on any atom is -0.198 e. The molecule has 1 fully saturated rings. The Morgan fingerprint density at radius 3 is 2.40 bits per heavy atom. The molecule has 4 heteroatoms. The third-order valence-corrected chi connectivity index (χ3v) is 6.06. The Morgan fingerprint density at radius 1 is 1.00 bits per heavy atom. The molecule has 1 saturated heterocycles. The number of alkyl halides is 2. The molecule has 1 rings (SSSR count). The van der Waals surface area contributed by atoms with Gasteiger partial charge in [-0.2, -0.15) is 8.78 Å². The summed E-state index contributed by atoms with van der Waals surface area (Å²) in [4.78, 5) is 0. The predicted molar refractivity (Wildman–Crippen MR) is 68.1 cm³/mol. The lowest BCUT2D eigenvalue weighted by Gasteiger charge is -2.13. The van der Waals surface area contributed by atoms with E-state index in [-0.39, 0.29) is 0 Å². The number of hydrogen-bond donors (Lipinski definition) is 0. The van der Waals surface area contributed by atoms with Gasteiger partial charge in [-0.3, -0.25) is 0 Å². The van der Waals surface area contributed by atoms with Gasteiger partial charge >= 0.3 is 0 Å². The minimum absolute atomic E-state index is 0.630. The van der Waals surface area contributed by atoms with Crippen LogP contribution in [0.15, 0.2) is 0 Å². The van der Waals surface area contributed by atoms with Crippen molar-refractivity contribution in [3.63, 3.8) is 0 Å². The van der Waals surface area contributed by atoms with Gasteiger partial charge in [0.25, 0.3) is 5.76 Å². The van der Waals surface area contributed by atoms with E-state index >= 15 is 0 Å². The Balaban J connectivity index is 1.83. The quantitative estimate of drug-likeness (QED) is 0.491. The normalized spacial score (nSPS) is 18.6. The number of halogens is 2. The smallest absolute Gasteiger partial charge is 0.198 e. The first-order valence-corrected chi connectivity index (χ1v) is 8.61. The Kier molecular flexibility index (Phi) is 7.89. The molecule has 0 aliphatic carbocycles. The van der Waals surface area contributed by atoms with Crippen LogP contribution >= 0.6 is 11.8 Å². The van der Waals surface area contributed by atoms with Crippen LogP contribution in [-0.4, -0.2) is 28.8 Å². The van der Waals surface area contributed by atoms with E-state index in [9.17, 15) is 8.78 Å². The van der Waals surface area contributed by atoms with Crippen LogP contribution in [-0.2, 0) is 10.9 Å². The summed E-state index contributed by atoms with van der Waals surface area (Å²) in [5, 5.41) is 0. The van der Waals surface area contributed by atoms with Crippen LogP contribution in [0.1, 0.15) is 38.5 Å². The maximum atomic E-state index is 11.8. The first kappa shape index (κ1) is 13.6. The fourth-order valence-corrected chi connectivity index (χ4v) is 4.85. The summed E-state index contributed by atoms with van der Waals surface area (Å²) in [6.07, 6.45) is 7.63. The average Bonchev–Trinajstić information content (AvgIpc) is 2.24. The van der Waals surface area contributed by atoms with Crippen molar-refractivity contribution in [3.8, 4) is 0 Å². The molecule has 0 atom stereocenters. The second-order valence-corrected chi connectivity index (χ2v) is 7.52. The lowest BCUT2D eigenvalue weighted by atomic mass is 10.3. The summed E-state index contributed by atoms with van der Waals surface area (Å²) in [5.41, 5.74) is 0. The minimum atomic E-state index is -2.18. The van der Waals surface area contributed by atoms with Crippen molar-refractivity contribution in [2.24, 2.45) is 0 Å². The van der Waals surface area contributed by atoms with Crippen LogP contribution in [0.2, 0.25) is 0 Å². The van der Waals surface area contributed by atoms with E-state index in [0.29, 0.717) is 16.6 Å². The molecular formula is C11H21F2S2+. The maximum absolute atomic E-state index is 11.8. The molecule has 1 aliphatic rings. The van der Waals surface area contributed by atoms with E-state index in [1.54, 1.807) is 0 Å². The van der Waals surface area contributed by atoms with Crippen LogP contribution < -0.4 is 0 Å². The summed E-state index contributed by atoms with van der Waals surface area (Å²) in [6.45, 7) is 0. The number of unbranched alkanes of at least 4 members (excludes halogenated alkanes) is 2. The lowest BCUT2D eigenvalue weighted by molar-refractivity contribution is 0.252. The van der Waals surface area contributed by atoms with Crippen LogP contribution in [0.25, 0.3) is 0 Å². The highest BCUT2D eigenvalue weighted by molar-refractivity contribution is 7.99. The molecule has 0 aromatic carbocycles. The monoisotopic (exact) mass is 255 g/mol. The van der Waals surface area contributed by atoms with Gasteiger partial charge in [0.2, 0.25) is 0 Å². The summed E-state index contributed by atoms with van der Waals surface area (Å²) in [5.74, 6) is 2.69.